The Balaban J connectivity index is 1.88. The maximum Gasteiger partial charge on any atom is 0.223 e. The van der Waals surface area contributed by atoms with E-state index < -0.39 is 10.0 Å². The zero-order valence-electron chi connectivity index (χ0n) is 14.5. The Morgan fingerprint density at radius 3 is 2.50 bits per heavy atom. The predicted molar refractivity (Wildman–Crippen MR) is 93.1 cm³/mol. The third-order valence-electron chi connectivity index (χ3n) is 4.58. The highest BCUT2D eigenvalue weighted by atomic mass is 32.2. The molecule has 1 aromatic rings. The van der Waals surface area contributed by atoms with Crippen molar-refractivity contribution < 1.29 is 17.9 Å². The summed E-state index contributed by atoms with van der Waals surface area (Å²) in [5.74, 6) is -0.170. The number of carbonyl (C=O) groups excluding carboxylic acids is 1. The molecular weight excluding hydrogens is 328 g/mol. The molecule has 6 nitrogen and oxygen atoms in total. The minimum Gasteiger partial charge on any atom is -0.375 e. The monoisotopic (exact) mass is 354 g/mol. The first kappa shape index (κ1) is 18.9. The van der Waals surface area contributed by atoms with E-state index in [1.807, 2.05) is 31.2 Å². The number of hydrogen-bond acceptors (Lipinski definition) is 4. The molecule has 0 unspecified atom stereocenters. The number of hydrogen-bond donors (Lipinski definition) is 1. The van der Waals surface area contributed by atoms with E-state index in [1.54, 1.807) is 7.11 Å². The molecule has 1 amide bonds. The molecule has 0 spiro atoms. The molecule has 0 aromatic heterocycles. The van der Waals surface area contributed by atoms with Gasteiger partial charge in [-0.05, 0) is 30.9 Å². The van der Waals surface area contributed by atoms with Gasteiger partial charge in [0.2, 0.25) is 15.9 Å². The minimum absolute atomic E-state index is 0.0289. The number of benzene rings is 1. The van der Waals surface area contributed by atoms with Gasteiger partial charge in [0.25, 0.3) is 0 Å². The number of piperidine rings is 1. The lowest BCUT2D eigenvalue weighted by molar-refractivity contribution is -0.126. The van der Waals surface area contributed by atoms with Crippen molar-refractivity contribution in [3.05, 3.63) is 35.4 Å². The molecule has 1 aliphatic heterocycles. The molecule has 1 atom stereocenters. The van der Waals surface area contributed by atoms with Crippen LogP contribution >= 0.6 is 0 Å². The number of methoxy groups -OCH3 is 1. The zero-order valence-corrected chi connectivity index (χ0v) is 15.3. The van der Waals surface area contributed by atoms with Crippen LogP contribution in [0.15, 0.2) is 24.3 Å². The van der Waals surface area contributed by atoms with E-state index in [0.717, 1.165) is 11.1 Å². The Morgan fingerprint density at radius 1 is 1.33 bits per heavy atom. The second kappa shape index (κ2) is 8.09. The Hall–Kier alpha value is -1.44. The first-order valence-corrected chi connectivity index (χ1v) is 9.99. The van der Waals surface area contributed by atoms with E-state index in [0.29, 0.717) is 32.5 Å². The van der Waals surface area contributed by atoms with Crippen LogP contribution in [0.1, 0.15) is 30.1 Å². The smallest absolute Gasteiger partial charge is 0.223 e. The molecule has 2 rings (SSSR count). The molecule has 1 heterocycles. The Morgan fingerprint density at radius 2 is 1.96 bits per heavy atom. The van der Waals surface area contributed by atoms with E-state index in [1.165, 1.54) is 10.6 Å². The highest BCUT2D eigenvalue weighted by Gasteiger charge is 2.29. The molecule has 1 aliphatic rings. The maximum atomic E-state index is 12.4. The summed E-state index contributed by atoms with van der Waals surface area (Å²) in [5, 5.41) is 2.95. The lowest BCUT2D eigenvalue weighted by atomic mass is 9.97. The fourth-order valence-corrected chi connectivity index (χ4v) is 3.93. The lowest BCUT2D eigenvalue weighted by Crippen LogP contribution is -2.43. The quantitative estimate of drug-likeness (QED) is 0.839. The van der Waals surface area contributed by atoms with Crippen LogP contribution in [0.25, 0.3) is 0 Å². The molecule has 7 heteroatoms. The second-order valence-corrected chi connectivity index (χ2v) is 8.24. The maximum absolute atomic E-state index is 12.4. The van der Waals surface area contributed by atoms with Crippen molar-refractivity contribution in [1.29, 1.82) is 0 Å². The average Bonchev–Trinajstić information content (AvgIpc) is 2.56. The number of nitrogens with zero attached hydrogens (tertiary/aromatic N) is 1. The Labute approximate surface area is 144 Å². The first-order chi connectivity index (χ1) is 11.3. The van der Waals surface area contributed by atoms with E-state index in [-0.39, 0.29) is 17.9 Å². The standard InChI is InChI=1S/C17H26N2O4S/c1-13-6-4-5-7-15(13)16(23-2)12-18-17(20)14-8-10-19(11-9-14)24(3,21)22/h4-7,14,16H,8-12H2,1-3H3,(H,18,20)/t16-/m1/s1. The molecule has 1 N–H and O–H groups in total. The number of nitrogens with one attached hydrogen (secondary N) is 1. The third kappa shape index (κ3) is 4.78. The summed E-state index contributed by atoms with van der Waals surface area (Å²) >= 11 is 0. The van der Waals surface area contributed by atoms with Crippen LogP contribution in [0.5, 0.6) is 0 Å². The molecule has 0 aliphatic carbocycles. The van der Waals surface area contributed by atoms with Crippen molar-refractivity contribution in [3.63, 3.8) is 0 Å². The molecule has 1 saturated heterocycles. The highest BCUT2D eigenvalue weighted by molar-refractivity contribution is 7.88. The van der Waals surface area contributed by atoms with Gasteiger partial charge >= 0.3 is 0 Å². The van der Waals surface area contributed by atoms with E-state index in [9.17, 15) is 13.2 Å². The van der Waals surface area contributed by atoms with Crippen LogP contribution in [-0.4, -0.2) is 51.6 Å². The van der Waals surface area contributed by atoms with Crippen LogP contribution in [-0.2, 0) is 19.6 Å². The topological polar surface area (TPSA) is 75.7 Å². The van der Waals surface area contributed by atoms with E-state index >= 15 is 0 Å². The number of carbonyl (C=O) groups is 1. The number of sulfonamides is 1. The van der Waals surface area contributed by atoms with Crippen LogP contribution in [0, 0.1) is 12.8 Å². The minimum atomic E-state index is -3.16. The average molecular weight is 354 g/mol. The summed E-state index contributed by atoms with van der Waals surface area (Å²) in [7, 11) is -1.53. The molecule has 134 valence electrons. The van der Waals surface area contributed by atoms with Crippen molar-refractivity contribution in [2.24, 2.45) is 5.92 Å². The van der Waals surface area contributed by atoms with Gasteiger partial charge in [-0.15, -0.1) is 0 Å². The number of aryl methyl sites for hydroxylation is 1. The summed E-state index contributed by atoms with van der Waals surface area (Å²) in [6, 6.07) is 7.95. The van der Waals surface area contributed by atoms with Gasteiger partial charge in [-0.2, -0.15) is 0 Å². The number of rotatable bonds is 6. The molecule has 0 bridgehead atoms. The summed E-state index contributed by atoms with van der Waals surface area (Å²) < 4.78 is 30.0. The van der Waals surface area contributed by atoms with Gasteiger partial charge in [0.1, 0.15) is 0 Å². The summed E-state index contributed by atoms with van der Waals surface area (Å²) in [6.07, 6.45) is 2.13. The zero-order chi connectivity index (χ0) is 17.7. The van der Waals surface area contributed by atoms with Crippen molar-refractivity contribution in [3.8, 4) is 0 Å². The summed E-state index contributed by atoms with van der Waals surface area (Å²) in [4.78, 5) is 12.4. The van der Waals surface area contributed by atoms with Crippen molar-refractivity contribution >= 4 is 15.9 Å². The van der Waals surface area contributed by atoms with Crippen LogP contribution in [0.3, 0.4) is 0 Å². The number of amides is 1. The Bertz CT molecular complexity index is 667. The third-order valence-corrected chi connectivity index (χ3v) is 5.88. The van der Waals surface area contributed by atoms with Gasteiger partial charge < -0.3 is 10.1 Å². The van der Waals surface area contributed by atoms with Crippen LogP contribution < -0.4 is 5.32 Å². The van der Waals surface area contributed by atoms with Gasteiger partial charge in [-0.3, -0.25) is 4.79 Å². The highest BCUT2D eigenvalue weighted by Crippen LogP contribution is 2.22. The Kier molecular flexibility index (Phi) is 6.37. The van der Waals surface area contributed by atoms with E-state index in [4.69, 9.17) is 4.74 Å². The fourth-order valence-electron chi connectivity index (χ4n) is 3.06. The van der Waals surface area contributed by atoms with Gasteiger partial charge in [0, 0.05) is 32.7 Å². The SMILES string of the molecule is CO[C@H](CNC(=O)C1CCN(S(C)(=O)=O)CC1)c1ccccc1C. The van der Waals surface area contributed by atoms with Crippen LogP contribution in [0.4, 0.5) is 0 Å². The lowest BCUT2D eigenvalue weighted by Gasteiger charge is -2.29. The number of ether oxygens (including phenoxy) is 1. The predicted octanol–water partition coefficient (Wildman–Crippen LogP) is 1.47. The molecule has 1 aromatic carbocycles. The summed E-state index contributed by atoms with van der Waals surface area (Å²) in [5.41, 5.74) is 2.19. The molecular formula is C17H26N2O4S. The van der Waals surface area contributed by atoms with Crippen LogP contribution in [0.2, 0.25) is 0 Å². The first-order valence-electron chi connectivity index (χ1n) is 8.14. The molecule has 24 heavy (non-hydrogen) atoms. The van der Waals surface area contributed by atoms with Gasteiger partial charge in [0.05, 0.1) is 12.4 Å². The largest absolute Gasteiger partial charge is 0.375 e. The van der Waals surface area contributed by atoms with Crippen molar-refractivity contribution in [1.82, 2.24) is 9.62 Å². The normalized spacial score (nSPS) is 18.3. The molecule has 0 radical (unpaired) electrons. The van der Waals surface area contributed by atoms with Gasteiger partial charge in [-0.25, -0.2) is 12.7 Å². The molecule has 0 saturated carbocycles. The second-order valence-electron chi connectivity index (χ2n) is 6.26. The van der Waals surface area contributed by atoms with Crippen molar-refractivity contribution in [2.75, 3.05) is 33.0 Å². The van der Waals surface area contributed by atoms with Gasteiger partial charge in [0.15, 0.2) is 0 Å². The summed E-state index contributed by atoms with van der Waals surface area (Å²) in [6.45, 7) is 3.24. The van der Waals surface area contributed by atoms with E-state index in [2.05, 4.69) is 5.32 Å². The fraction of sp³-hybridized carbons (Fsp3) is 0.588. The van der Waals surface area contributed by atoms with Crippen molar-refractivity contribution in [2.45, 2.75) is 25.9 Å². The molecule has 1 fully saturated rings. The van der Waals surface area contributed by atoms with Gasteiger partial charge in [-0.1, -0.05) is 24.3 Å².